The number of carbonyl (C=O) groups is 2. The molecule has 0 saturated carbocycles. The van der Waals surface area contributed by atoms with E-state index in [0.29, 0.717) is 0 Å². The highest BCUT2D eigenvalue weighted by Gasteiger charge is 2.16. The first-order valence-electron chi connectivity index (χ1n) is 7.00. The summed E-state index contributed by atoms with van der Waals surface area (Å²) in [6.45, 7) is 1.81. The van der Waals surface area contributed by atoms with Crippen LogP contribution in [0.2, 0.25) is 0 Å². The maximum Gasteiger partial charge on any atom is 0.329 e. The largest absolute Gasteiger partial charge is 0.341 e. The van der Waals surface area contributed by atoms with Crippen molar-refractivity contribution in [3.8, 4) is 0 Å². The topological polar surface area (TPSA) is 70.6 Å². The van der Waals surface area contributed by atoms with Gasteiger partial charge in [0, 0.05) is 4.47 Å². The summed E-state index contributed by atoms with van der Waals surface area (Å²) in [6.07, 6.45) is 1.47. The first-order valence-corrected chi connectivity index (χ1v) is 7.80. The Labute approximate surface area is 142 Å². The van der Waals surface area contributed by atoms with Gasteiger partial charge in [-0.2, -0.15) is 5.10 Å². The van der Waals surface area contributed by atoms with Crippen LogP contribution in [-0.4, -0.2) is 18.0 Å². The van der Waals surface area contributed by atoms with Crippen molar-refractivity contribution in [1.29, 1.82) is 0 Å². The van der Waals surface area contributed by atoms with Gasteiger partial charge in [0.2, 0.25) is 0 Å². The Morgan fingerprint density at radius 1 is 1.04 bits per heavy atom. The second-order valence-corrected chi connectivity index (χ2v) is 5.77. The number of carbonyl (C=O) groups excluding carboxylic acids is 2. The van der Waals surface area contributed by atoms with Gasteiger partial charge in [0.25, 0.3) is 0 Å². The normalized spacial score (nSPS) is 11.9. The number of halogens is 1. The molecule has 0 spiro atoms. The van der Waals surface area contributed by atoms with E-state index in [1.165, 1.54) is 6.21 Å². The maximum absolute atomic E-state index is 11.8. The molecule has 0 aliphatic rings. The van der Waals surface area contributed by atoms with E-state index < -0.39 is 11.8 Å². The molecule has 23 heavy (non-hydrogen) atoms. The summed E-state index contributed by atoms with van der Waals surface area (Å²) >= 11 is 3.33. The van der Waals surface area contributed by atoms with E-state index in [1.807, 2.05) is 61.5 Å². The minimum atomic E-state index is -0.804. The van der Waals surface area contributed by atoms with Gasteiger partial charge in [-0.1, -0.05) is 58.4 Å². The van der Waals surface area contributed by atoms with E-state index in [2.05, 4.69) is 31.8 Å². The standard InChI is InChI=1S/C17H16BrN3O2/c1-12(14-5-3-2-4-6-14)20-16(22)17(23)21-19-11-13-7-9-15(18)10-8-13/h2-12H,1H3,(H,20,22)(H,21,23)/t12-/m1/s1. The van der Waals surface area contributed by atoms with Crippen molar-refractivity contribution >= 4 is 34.0 Å². The summed E-state index contributed by atoms with van der Waals surface area (Å²) in [5.74, 6) is -1.53. The summed E-state index contributed by atoms with van der Waals surface area (Å²) in [7, 11) is 0. The van der Waals surface area contributed by atoms with Gasteiger partial charge < -0.3 is 5.32 Å². The molecule has 0 saturated heterocycles. The fraction of sp³-hybridized carbons (Fsp3) is 0.118. The van der Waals surface area contributed by atoms with Crippen LogP contribution in [0.5, 0.6) is 0 Å². The highest BCUT2D eigenvalue weighted by molar-refractivity contribution is 9.10. The zero-order valence-corrected chi connectivity index (χ0v) is 14.1. The molecule has 2 aromatic carbocycles. The summed E-state index contributed by atoms with van der Waals surface area (Å²) < 4.78 is 0.952. The van der Waals surface area contributed by atoms with Crippen LogP contribution in [0.15, 0.2) is 64.2 Å². The Morgan fingerprint density at radius 2 is 1.70 bits per heavy atom. The molecule has 1 atom stereocenters. The lowest BCUT2D eigenvalue weighted by Crippen LogP contribution is -2.39. The quantitative estimate of drug-likeness (QED) is 0.491. The lowest BCUT2D eigenvalue weighted by atomic mass is 10.1. The first kappa shape index (κ1) is 16.9. The molecule has 0 bridgehead atoms. The Balaban J connectivity index is 1.85. The number of amides is 2. The van der Waals surface area contributed by atoms with Crippen LogP contribution >= 0.6 is 15.9 Å². The molecule has 2 amide bonds. The van der Waals surface area contributed by atoms with Gasteiger partial charge >= 0.3 is 11.8 Å². The average molecular weight is 374 g/mol. The fourth-order valence-electron chi connectivity index (χ4n) is 1.85. The van der Waals surface area contributed by atoms with Crippen molar-refractivity contribution < 1.29 is 9.59 Å². The Bertz CT molecular complexity index is 700. The fourth-order valence-corrected chi connectivity index (χ4v) is 2.12. The van der Waals surface area contributed by atoms with Crippen molar-refractivity contribution in [2.75, 3.05) is 0 Å². The van der Waals surface area contributed by atoms with Crippen LogP contribution in [0.3, 0.4) is 0 Å². The molecule has 0 aliphatic carbocycles. The van der Waals surface area contributed by atoms with Gasteiger partial charge in [0.15, 0.2) is 0 Å². The van der Waals surface area contributed by atoms with Gasteiger partial charge in [0.05, 0.1) is 12.3 Å². The molecule has 0 heterocycles. The Morgan fingerprint density at radius 3 is 2.35 bits per heavy atom. The lowest BCUT2D eigenvalue weighted by Gasteiger charge is -2.13. The second-order valence-electron chi connectivity index (χ2n) is 4.86. The minimum Gasteiger partial charge on any atom is -0.341 e. The van der Waals surface area contributed by atoms with Gasteiger partial charge in [-0.25, -0.2) is 5.43 Å². The van der Waals surface area contributed by atoms with Crippen LogP contribution < -0.4 is 10.7 Å². The predicted octanol–water partition coefficient (Wildman–Crippen LogP) is 2.78. The number of nitrogens with one attached hydrogen (secondary N) is 2. The number of hydrogen-bond acceptors (Lipinski definition) is 3. The van der Waals surface area contributed by atoms with Crippen LogP contribution in [0.1, 0.15) is 24.1 Å². The smallest absolute Gasteiger partial charge is 0.329 e. The Kier molecular flexibility index (Phi) is 6.05. The average Bonchev–Trinajstić information content (AvgIpc) is 2.57. The summed E-state index contributed by atoms with van der Waals surface area (Å²) in [6, 6.07) is 16.5. The SMILES string of the molecule is C[C@@H](NC(=O)C(=O)NN=Cc1ccc(Br)cc1)c1ccccc1. The number of benzene rings is 2. The zero-order chi connectivity index (χ0) is 16.7. The van der Waals surface area contributed by atoms with Crippen molar-refractivity contribution in [3.63, 3.8) is 0 Å². The third-order valence-corrected chi connectivity index (χ3v) is 3.63. The summed E-state index contributed by atoms with van der Waals surface area (Å²) in [4.78, 5) is 23.5. The predicted molar refractivity (Wildman–Crippen MR) is 92.9 cm³/mol. The Hall–Kier alpha value is -2.47. The third-order valence-electron chi connectivity index (χ3n) is 3.10. The van der Waals surface area contributed by atoms with Gasteiger partial charge in [-0.05, 0) is 30.2 Å². The molecular weight excluding hydrogens is 358 g/mol. The minimum absolute atomic E-state index is 0.259. The van der Waals surface area contributed by atoms with Crippen LogP contribution in [0, 0.1) is 0 Å². The second kappa shape index (κ2) is 8.24. The van der Waals surface area contributed by atoms with Gasteiger partial charge in [-0.15, -0.1) is 0 Å². The van der Waals surface area contributed by atoms with Crippen LogP contribution in [-0.2, 0) is 9.59 Å². The molecular formula is C17H16BrN3O2. The molecule has 0 unspecified atom stereocenters. The molecule has 2 rings (SSSR count). The van der Waals surface area contributed by atoms with E-state index in [1.54, 1.807) is 0 Å². The van der Waals surface area contributed by atoms with Crippen molar-refractivity contribution in [3.05, 3.63) is 70.2 Å². The molecule has 2 aromatic rings. The maximum atomic E-state index is 11.8. The van der Waals surface area contributed by atoms with Crippen LogP contribution in [0.4, 0.5) is 0 Å². The molecule has 2 N–H and O–H groups in total. The van der Waals surface area contributed by atoms with E-state index in [-0.39, 0.29) is 6.04 Å². The van der Waals surface area contributed by atoms with Crippen molar-refractivity contribution in [2.45, 2.75) is 13.0 Å². The van der Waals surface area contributed by atoms with Gasteiger partial charge in [-0.3, -0.25) is 9.59 Å². The summed E-state index contributed by atoms with van der Waals surface area (Å²) in [5, 5.41) is 6.39. The van der Waals surface area contributed by atoms with Crippen molar-refractivity contribution in [2.24, 2.45) is 5.10 Å². The van der Waals surface area contributed by atoms with E-state index >= 15 is 0 Å². The molecule has 0 radical (unpaired) electrons. The monoisotopic (exact) mass is 373 g/mol. The zero-order valence-electron chi connectivity index (χ0n) is 12.5. The molecule has 0 fully saturated rings. The molecule has 5 nitrogen and oxygen atoms in total. The lowest BCUT2D eigenvalue weighted by molar-refractivity contribution is -0.139. The highest BCUT2D eigenvalue weighted by atomic mass is 79.9. The first-order chi connectivity index (χ1) is 11.1. The number of nitrogens with zero attached hydrogens (tertiary/aromatic N) is 1. The van der Waals surface area contributed by atoms with Crippen molar-refractivity contribution in [1.82, 2.24) is 10.7 Å². The summed E-state index contributed by atoms with van der Waals surface area (Å²) in [5.41, 5.74) is 3.94. The van der Waals surface area contributed by atoms with E-state index in [9.17, 15) is 9.59 Å². The van der Waals surface area contributed by atoms with E-state index in [0.717, 1.165) is 15.6 Å². The molecule has 118 valence electrons. The number of hydrazone groups is 1. The third kappa shape index (κ3) is 5.34. The molecule has 0 aromatic heterocycles. The van der Waals surface area contributed by atoms with Gasteiger partial charge in [0.1, 0.15) is 0 Å². The highest BCUT2D eigenvalue weighted by Crippen LogP contribution is 2.10. The number of rotatable bonds is 4. The number of hydrogen-bond donors (Lipinski definition) is 2. The molecule has 6 heteroatoms. The van der Waals surface area contributed by atoms with E-state index in [4.69, 9.17) is 0 Å². The molecule has 0 aliphatic heterocycles. The van der Waals surface area contributed by atoms with Crippen LogP contribution in [0.25, 0.3) is 0 Å².